The molecule has 5 nitrogen and oxygen atoms in total. The summed E-state index contributed by atoms with van der Waals surface area (Å²) in [6, 6.07) is 15.3. The number of carbonyl (C=O) groups is 1. The number of nitrogens with zero attached hydrogens (tertiary/aromatic N) is 1. The first kappa shape index (κ1) is 17.9. The largest absolute Gasteiger partial charge is 0.490 e. The van der Waals surface area contributed by atoms with E-state index >= 15 is 0 Å². The second-order valence-corrected chi connectivity index (χ2v) is 6.78. The predicted molar refractivity (Wildman–Crippen MR) is 101 cm³/mol. The minimum absolute atomic E-state index is 0.272. The number of aromatic carboxylic acids is 1. The monoisotopic (exact) mass is 369 g/mol. The Hall–Kier alpha value is -2.86. The maximum Gasteiger partial charge on any atom is 0.347 e. The van der Waals surface area contributed by atoms with E-state index in [0.29, 0.717) is 23.9 Å². The van der Waals surface area contributed by atoms with Crippen LogP contribution in [0.4, 0.5) is 0 Å². The van der Waals surface area contributed by atoms with Crippen molar-refractivity contribution in [1.29, 1.82) is 0 Å². The number of rotatable bonds is 7. The van der Waals surface area contributed by atoms with Gasteiger partial charge < -0.3 is 14.6 Å². The van der Waals surface area contributed by atoms with Crippen LogP contribution in [-0.2, 0) is 0 Å². The van der Waals surface area contributed by atoms with Crippen molar-refractivity contribution >= 4 is 17.3 Å². The number of ether oxygens (including phenoxy) is 2. The van der Waals surface area contributed by atoms with Crippen molar-refractivity contribution in [1.82, 2.24) is 4.98 Å². The van der Waals surface area contributed by atoms with Crippen LogP contribution in [0.1, 0.15) is 20.9 Å². The lowest BCUT2D eigenvalue weighted by Crippen LogP contribution is -2.08. The topological polar surface area (TPSA) is 68.7 Å². The van der Waals surface area contributed by atoms with Crippen LogP contribution in [0.5, 0.6) is 11.5 Å². The predicted octanol–water partition coefficient (Wildman–Crippen LogP) is 4.58. The first-order chi connectivity index (χ1) is 12.5. The summed E-state index contributed by atoms with van der Waals surface area (Å²) in [5.74, 6) is 0.616. The van der Waals surface area contributed by atoms with Gasteiger partial charge in [0.2, 0.25) is 0 Å². The smallest absolute Gasteiger partial charge is 0.347 e. The highest BCUT2D eigenvalue weighted by atomic mass is 32.1. The van der Waals surface area contributed by atoms with Gasteiger partial charge in [0.25, 0.3) is 0 Å². The summed E-state index contributed by atoms with van der Waals surface area (Å²) in [6.07, 6.45) is 0. The molecule has 1 aromatic heterocycles. The minimum atomic E-state index is -0.945. The highest BCUT2D eigenvalue weighted by Gasteiger charge is 2.14. The molecule has 0 saturated heterocycles. The van der Waals surface area contributed by atoms with Crippen molar-refractivity contribution in [2.75, 3.05) is 13.2 Å². The normalized spacial score (nSPS) is 10.5. The highest BCUT2D eigenvalue weighted by molar-refractivity contribution is 7.17. The molecule has 3 rings (SSSR count). The molecular formula is C20H19NO4S. The maximum atomic E-state index is 11.1. The molecule has 0 bridgehead atoms. The summed E-state index contributed by atoms with van der Waals surface area (Å²) in [5, 5.41) is 9.82. The molecule has 0 radical (unpaired) electrons. The molecule has 6 heteroatoms. The Morgan fingerprint density at radius 1 is 1.04 bits per heavy atom. The number of aryl methyl sites for hydroxylation is 2. The molecule has 26 heavy (non-hydrogen) atoms. The summed E-state index contributed by atoms with van der Waals surface area (Å²) < 4.78 is 11.3. The Balaban J connectivity index is 1.54. The van der Waals surface area contributed by atoms with E-state index in [9.17, 15) is 4.79 Å². The Morgan fingerprint density at radius 2 is 1.73 bits per heavy atom. The Bertz CT molecular complexity index is 902. The lowest BCUT2D eigenvalue weighted by molar-refractivity contribution is 0.0701. The number of carboxylic acid groups (broad SMARTS) is 1. The summed E-state index contributed by atoms with van der Waals surface area (Å²) in [4.78, 5) is 15.7. The fourth-order valence-corrected chi connectivity index (χ4v) is 3.35. The van der Waals surface area contributed by atoms with Crippen LogP contribution in [0.15, 0.2) is 48.5 Å². The molecule has 3 aromatic rings. The van der Waals surface area contributed by atoms with Crippen molar-refractivity contribution in [2.45, 2.75) is 13.8 Å². The Kier molecular flexibility index (Phi) is 5.53. The van der Waals surface area contributed by atoms with Crippen molar-refractivity contribution in [3.05, 3.63) is 64.7 Å². The van der Waals surface area contributed by atoms with Gasteiger partial charge >= 0.3 is 5.97 Å². The molecule has 1 N–H and O–H groups in total. The van der Waals surface area contributed by atoms with E-state index < -0.39 is 5.97 Å². The van der Waals surface area contributed by atoms with Gasteiger partial charge in [-0.25, -0.2) is 9.78 Å². The maximum absolute atomic E-state index is 11.1. The van der Waals surface area contributed by atoms with Gasteiger partial charge in [0.1, 0.15) is 34.6 Å². The molecule has 0 aliphatic heterocycles. The van der Waals surface area contributed by atoms with E-state index in [1.807, 2.05) is 55.5 Å². The fraction of sp³-hybridized carbons (Fsp3) is 0.200. The van der Waals surface area contributed by atoms with Crippen LogP contribution < -0.4 is 9.47 Å². The molecule has 2 aromatic carbocycles. The zero-order valence-corrected chi connectivity index (χ0v) is 15.4. The molecule has 134 valence electrons. The number of thiazole rings is 1. The zero-order valence-electron chi connectivity index (χ0n) is 14.6. The van der Waals surface area contributed by atoms with E-state index in [0.717, 1.165) is 22.6 Å². The van der Waals surface area contributed by atoms with E-state index in [2.05, 4.69) is 4.98 Å². The second kappa shape index (κ2) is 8.01. The standard InChI is InChI=1S/C20H19NO4S/c1-13-4-3-5-17(12-13)25-11-10-24-16-8-6-15(7-9-16)19-21-14(2)18(26-19)20(22)23/h3-9,12H,10-11H2,1-2H3,(H,22,23). The second-order valence-electron chi connectivity index (χ2n) is 5.78. The summed E-state index contributed by atoms with van der Waals surface area (Å²) in [6.45, 7) is 4.62. The van der Waals surface area contributed by atoms with Crippen LogP contribution in [0.2, 0.25) is 0 Å². The molecule has 0 saturated carbocycles. The number of aromatic nitrogens is 1. The van der Waals surface area contributed by atoms with E-state index in [4.69, 9.17) is 14.6 Å². The van der Waals surface area contributed by atoms with Crippen LogP contribution >= 0.6 is 11.3 Å². The molecular weight excluding hydrogens is 350 g/mol. The Labute approximate surface area is 155 Å². The third-order valence-corrected chi connectivity index (χ3v) is 4.90. The van der Waals surface area contributed by atoms with E-state index in [-0.39, 0.29) is 4.88 Å². The van der Waals surface area contributed by atoms with Crippen molar-refractivity contribution < 1.29 is 19.4 Å². The van der Waals surface area contributed by atoms with Crippen molar-refractivity contribution in [2.24, 2.45) is 0 Å². The lowest BCUT2D eigenvalue weighted by atomic mass is 10.2. The van der Waals surface area contributed by atoms with Crippen molar-refractivity contribution in [3.8, 4) is 22.1 Å². The number of hydrogen-bond acceptors (Lipinski definition) is 5. The van der Waals surface area contributed by atoms with Gasteiger partial charge in [-0.1, -0.05) is 12.1 Å². The number of benzene rings is 2. The van der Waals surface area contributed by atoms with Gasteiger partial charge in [0.15, 0.2) is 0 Å². The van der Waals surface area contributed by atoms with Gasteiger partial charge in [-0.05, 0) is 55.8 Å². The van der Waals surface area contributed by atoms with Gasteiger partial charge in [0.05, 0.1) is 5.69 Å². The van der Waals surface area contributed by atoms with Crippen LogP contribution in [-0.4, -0.2) is 29.3 Å². The fourth-order valence-electron chi connectivity index (χ4n) is 2.44. The zero-order chi connectivity index (χ0) is 18.5. The molecule has 1 heterocycles. The first-order valence-corrected chi connectivity index (χ1v) is 8.98. The van der Waals surface area contributed by atoms with Crippen LogP contribution in [0.3, 0.4) is 0 Å². The molecule has 0 atom stereocenters. The van der Waals surface area contributed by atoms with E-state index in [1.54, 1.807) is 6.92 Å². The molecule has 0 aliphatic carbocycles. The molecule has 0 aliphatic rings. The Morgan fingerprint density at radius 3 is 2.35 bits per heavy atom. The first-order valence-electron chi connectivity index (χ1n) is 8.16. The van der Waals surface area contributed by atoms with Crippen LogP contribution in [0.25, 0.3) is 10.6 Å². The van der Waals surface area contributed by atoms with Gasteiger partial charge in [0, 0.05) is 5.56 Å². The molecule has 0 spiro atoms. The van der Waals surface area contributed by atoms with Gasteiger partial charge in [-0.2, -0.15) is 0 Å². The third kappa shape index (κ3) is 4.40. The average molecular weight is 369 g/mol. The molecule has 0 fully saturated rings. The summed E-state index contributed by atoms with van der Waals surface area (Å²) >= 11 is 1.18. The van der Waals surface area contributed by atoms with Gasteiger partial charge in [-0.15, -0.1) is 11.3 Å². The van der Waals surface area contributed by atoms with Crippen molar-refractivity contribution in [3.63, 3.8) is 0 Å². The number of hydrogen-bond donors (Lipinski definition) is 1. The van der Waals surface area contributed by atoms with Gasteiger partial charge in [-0.3, -0.25) is 0 Å². The minimum Gasteiger partial charge on any atom is -0.490 e. The average Bonchev–Trinajstić information content (AvgIpc) is 3.01. The lowest BCUT2D eigenvalue weighted by Gasteiger charge is -2.09. The highest BCUT2D eigenvalue weighted by Crippen LogP contribution is 2.29. The third-order valence-electron chi connectivity index (χ3n) is 3.70. The van der Waals surface area contributed by atoms with E-state index in [1.165, 1.54) is 11.3 Å². The summed E-state index contributed by atoms with van der Waals surface area (Å²) in [5.41, 5.74) is 2.56. The SMILES string of the molecule is Cc1cccc(OCCOc2ccc(-c3nc(C)c(C(=O)O)s3)cc2)c1. The quantitative estimate of drug-likeness (QED) is 0.617. The number of carboxylic acids is 1. The molecule has 0 unspecified atom stereocenters. The van der Waals surface area contributed by atoms with Crippen LogP contribution in [0, 0.1) is 13.8 Å². The molecule has 0 amide bonds. The summed E-state index contributed by atoms with van der Waals surface area (Å²) in [7, 11) is 0.